The number of benzene rings is 1. The van der Waals surface area contributed by atoms with E-state index in [4.69, 9.17) is 14.2 Å². The quantitative estimate of drug-likeness (QED) is 0.786. The van der Waals surface area contributed by atoms with Gasteiger partial charge in [-0.2, -0.15) is 0 Å². The second kappa shape index (κ2) is 6.11. The summed E-state index contributed by atoms with van der Waals surface area (Å²) in [5.74, 6) is -1.31. The molecular formula is C21H30O6. The minimum absolute atomic E-state index is 0.0916. The minimum atomic E-state index is -1.78. The molecule has 0 bridgehead atoms. The number of carbonyl (C=O) groups excluding carboxylic acids is 1. The summed E-state index contributed by atoms with van der Waals surface area (Å²) < 4.78 is 17.0. The maximum atomic E-state index is 13.0. The third-order valence-corrected chi connectivity index (χ3v) is 6.36. The SMILES string of the molecule is COc1c(C(C)C)cc2c(c1OC)[C@@]1(C)C[C@@H](O)CC(C)(C)[C@@]1(O)OC2=O. The van der Waals surface area contributed by atoms with Crippen molar-refractivity contribution in [3.8, 4) is 11.5 Å². The van der Waals surface area contributed by atoms with Crippen molar-refractivity contribution in [3.63, 3.8) is 0 Å². The van der Waals surface area contributed by atoms with Gasteiger partial charge in [-0.3, -0.25) is 0 Å². The highest BCUT2D eigenvalue weighted by atomic mass is 16.7. The molecule has 1 aromatic rings. The number of methoxy groups -OCH3 is 2. The van der Waals surface area contributed by atoms with Crippen LogP contribution < -0.4 is 9.47 Å². The summed E-state index contributed by atoms with van der Waals surface area (Å²) in [6.07, 6.45) is -0.0747. The fourth-order valence-electron chi connectivity index (χ4n) is 5.07. The Labute approximate surface area is 160 Å². The molecule has 150 valence electrons. The topological polar surface area (TPSA) is 85.2 Å². The van der Waals surface area contributed by atoms with Gasteiger partial charge < -0.3 is 24.4 Å². The Balaban J connectivity index is 2.41. The number of rotatable bonds is 3. The van der Waals surface area contributed by atoms with E-state index >= 15 is 0 Å². The molecule has 3 atom stereocenters. The molecule has 1 aliphatic heterocycles. The van der Waals surface area contributed by atoms with Gasteiger partial charge in [0, 0.05) is 16.5 Å². The van der Waals surface area contributed by atoms with Crippen molar-refractivity contribution in [3.05, 3.63) is 22.8 Å². The van der Waals surface area contributed by atoms with Crippen LogP contribution in [0.25, 0.3) is 0 Å². The molecular weight excluding hydrogens is 348 g/mol. The monoisotopic (exact) mass is 378 g/mol. The molecule has 27 heavy (non-hydrogen) atoms. The van der Waals surface area contributed by atoms with E-state index in [0.29, 0.717) is 29.0 Å². The first-order chi connectivity index (χ1) is 12.4. The number of aliphatic hydroxyl groups is 2. The standard InChI is InChI=1S/C21H30O6/c1-11(2)13-8-14-15(17(26-7)16(13)25-6)20(5)10-12(22)9-19(3,4)21(20,24)27-18(14)23/h8,11-12,22,24H,9-10H2,1-7H3/t12-,20+,21+/m0/s1. The van der Waals surface area contributed by atoms with E-state index in [2.05, 4.69) is 0 Å². The van der Waals surface area contributed by atoms with Gasteiger partial charge in [-0.1, -0.05) is 27.7 Å². The molecule has 1 heterocycles. The highest BCUT2D eigenvalue weighted by Crippen LogP contribution is 2.61. The first-order valence-corrected chi connectivity index (χ1v) is 9.36. The third kappa shape index (κ3) is 2.49. The van der Waals surface area contributed by atoms with Crippen molar-refractivity contribution in [2.24, 2.45) is 5.41 Å². The average Bonchev–Trinajstić information content (AvgIpc) is 2.56. The van der Waals surface area contributed by atoms with E-state index in [1.54, 1.807) is 27.0 Å². The normalized spacial score (nSPS) is 31.8. The summed E-state index contributed by atoms with van der Waals surface area (Å²) in [6, 6.07) is 1.77. The maximum absolute atomic E-state index is 13.0. The van der Waals surface area contributed by atoms with Gasteiger partial charge in [-0.05, 0) is 31.7 Å². The molecule has 2 aliphatic rings. The predicted molar refractivity (Wildman–Crippen MR) is 100 cm³/mol. The Morgan fingerprint density at radius 2 is 1.74 bits per heavy atom. The number of hydrogen-bond acceptors (Lipinski definition) is 6. The van der Waals surface area contributed by atoms with Crippen LogP contribution in [-0.2, 0) is 10.2 Å². The molecule has 0 amide bonds. The van der Waals surface area contributed by atoms with Crippen molar-refractivity contribution in [1.82, 2.24) is 0 Å². The summed E-state index contributed by atoms with van der Waals surface area (Å²) in [7, 11) is 3.08. The lowest BCUT2D eigenvalue weighted by Gasteiger charge is -2.59. The van der Waals surface area contributed by atoms with Crippen LogP contribution in [0.1, 0.15) is 74.9 Å². The fourth-order valence-corrected chi connectivity index (χ4v) is 5.07. The second-order valence-electron chi connectivity index (χ2n) is 8.92. The molecule has 0 spiro atoms. The molecule has 0 radical (unpaired) electrons. The molecule has 1 fully saturated rings. The predicted octanol–water partition coefficient (Wildman–Crippen LogP) is 3.12. The van der Waals surface area contributed by atoms with Gasteiger partial charge in [-0.25, -0.2) is 4.79 Å². The van der Waals surface area contributed by atoms with Crippen LogP contribution in [0.5, 0.6) is 11.5 Å². The smallest absolute Gasteiger partial charge is 0.341 e. The summed E-state index contributed by atoms with van der Waals surface area (Å²) in [5.41, 5.74) is -0.173. The fraction of sp³-hybridized carbons (Fsp3) is 0.667. The first kappa shape index (κ1) is 20.0. The van der Waals surface area contributed by atoms with Gasteiger partial charge in [0.2, 0.25) is 5.79 Å². The Morgan fingerprint density at radius 1 is 1.15 bits per heavy atom. The summed E-state index contributed by atoms with van der Waals surface area (Å²) in [4.78, 5) is 13.0. The summed E-state index contributed by atoms with van der Waals surface area (Å²) in [6.45, 7) is 9.43. The lowest BCUT2D eigenvalue weighted by Crippen LogP contribution is -2.68. The molecule has 3 rings (SSSR count). The molecule has 6 heteroatoms. The van der Waals surface area contributed by atoms with Gasteiger partial charge in [0.1, 0.15) is 0 Å². The zero-order valence-electron chi connectivity index (χ0n) is 17.2. The lowest BCUT2D eigenvalue weighted by molar-refractivity contribution is -0.303. The van der Waals surface area contributed by atoms with Gasteiger partial charge >= 0.3 is 5.97 Å². The van der Waals surface area contributed by atoms with Crippen molar-refractivity contribution in [1.29, 1.82) is 0 Å². The summed E-state index contributed by atoms with van der Waals surface area (Å²) in [5, 5.41) is 22.2. The highest BCUT2D eigenvalue weighted by Gasteiger charge is 2.68. The van der Waals surface area contributed by atoms with Gasteiger partial charge in [0.25, 0.3) is 0 Å². The zero-order chi connectivity index (χ0) is 20.4. The first-order valence-electron chi connectivity index (χ1n) is 9.36. The van der Waals surface area contributed by atoms with Crippen molar-refractivity contribution in [2.75, 3.05) is 14.2 Å². The van der Waals surface area contributed by atoms with Crippen LogP contribution in [0.3, 0.4) is 0 Å². The van der Waals surface area contributed by atoms with E-state index in [1.165, 1.54) is 7.11 Å². The number of carbonyl (C=O) groups is 1. The Bertz CT molecular complexity index is 783. The van der Waals surface area contributed by atoms with Gasteiger partial charge in [0.05, 0.1) is 31.3 Å². The van der Waals surface area contributed by atoms with Crippen LogP contribution in [0.4, 0.5) is 0 Å². The molecule has 1 saturated carbocycles. The Kier molecular flexibility index (Phi) is 4.51. The van der Waals surface area contributed by atoms with Gasteiger partial charge in [0.15, 0.2) is 11.5 Å². The number of aliphatic hydroxyl groups excluding tert-OH is 1. The lowest BCUT2D eigenvalue weighted by atomic mass is 9.54. The molecule has 0 unspecified atom stereocenters. The Hall–Kier alpha value is -1.79. The number of esters is 1. The van der Waals surface area contributed by atoms with E-state index in [-0.39, 0.29) is 12.3 Å². The number of hydrogen-bond donors (Lipinski definition) is 2. The van der Waals surface area contributed by atoms with Crippen LogP contribution in [0, 0.1) is 5.41 Å². The second-order valence-corrected chi connectivity index (χ2v) is 8.92. The molecule has 0 saturated heterocycles. The zero-order valence-corrected chi connectivity index (χ0v) is 17.2. The maximum Gasteiger partial charge on any atom is 0.341 e. The molecule has 1 aromatic carbocycles. The van der Waals surface area contributed by atoms with Crippen LogP contribution in [0.2, 0.25) is 0 Å². The number of ether oxygens (including phenoxy) is 3. The molecule has 6 nitrogen and oxygen atoms in total. The van der Waals surface area contributed by atoms with E-state index in [1.807, 2.05) is 20.8 Å². The van der Waals surface area contributed by atoms with Crippen molar-refractivity contribution in [2.45, 2.75) is 70.7 Å². The van der Waals surface area contributed by atoms with E-state index in [9.17, 15) is 15.0 Å². The molecule has 1 aliphatic carbocycles. The Morgan fingerprint density at radius 3 is 2.26 bits per heavy atom. The van der Waals surface area contributed by atoms with E-state index < -0.39 is 28.7 Å². The minimum Gasteiger partial charge on any atom is -0.493 e. The molecule has 2 N–H and O–H groups in total. The third-order valence-electron chi connectivity index (χ3n) is 6.36. The molecule has 0 aromatic heterocycles. The highest BCUT2D eigenvalue weighted by molar-refractivity contribution is 5.95. The van der Waals surface area contributed by atoms with Crippen molar-refractivity contribution >= 4 is 5.97 Å². The van der Waals surface area contributed by atoms with E-state index in [0.717, 1.165) is 5.56 Å². The van der Waals surface area contributed by atoms with Crippen LogP contribution >= 0.6 is 0 Å². The average molecular weight is 378 g/mol. The van der Waals surface area contributed by atoms with Crippen LogP contribution in [0.15, 0.2) is 6.07 Å². The van der Waals surface area contributed by atoms with Gasteiger partial charge in [-0.15, -0.1) is 0 Å². The largest absolute Gasteiger partial charge is 0.493 e. The number of fused-ring (bicyclic) bond motifs is 3. The summed E-state index contributed by atoms with van der Waals surface area (Å²) >= 11 is 0. The van der Waals surface area contributed by atoms with Crippen molar-refractivity contribution < 1.29 is 29.2 Å². The van der Waals surface area contributed by atoms with Crippen LogP contribution in [-0.4, -0.2) is 42.3 Å².